The molecule has 1 amide bonds. The van der Waals surface area contributed by atoms with Crippen molar-refractivity contribution in [3.05, 3.63) is 53.3 Å². The third-order valence-electron chi connectivity index (χ3n) is 4.93. The third kappa shape index (κ3) is 4.79. The molecule has 2 heterocycles. The maximum atomic E-state index is 13.1. The Bertz CT molecular complexity index is 1010. The number of benzene rings is 2. The number of aryl methyl sites for hydroxylation is 2. The van der Waals surface area contributed by atoms with Crippen molar-refractivity contribution >= 4 is 44.4 Å². The third-order valence-corrected chi connectivity index (χ3v) is 7.15. The van der Waals surface area contributed by atoms with Gasteiger partial charge >= 0.3 is 0 Å². The van der Waals surface area contributed by atoms with Crippen molar-refractivity contribution in [1.82, 2.24) is 4.98 Å². The van der Waals surface area contributed by atoms with Crippen LogP contribution in [0.5, 0.6) is 0 Å². The highest BCUT2D eigenvalue weighted by Crippen LogP contribution is 2.33. The highest BCUT2D eigenvalue weighted by atomic mass is 32.2. The van der Waals surface area contributed by atoms with Crippen LogP contribution in [0.15, 0.2) is 41.3 Å². The Kier molecular flexibility index (Phi) is 6.18. The fourth-order valence-electron chi connectivity index (χ4n) is 3.51. The Hall–Kier alpha value is -1.96. The second-order valence-electron chi connectivity index (χ2n) is 7.31. The van der Waals surface area contributed by atoms with Gasteiger partial charge < -0.3 is 4.74 Å². The van der Waals surface area contributed by atoms with Gasteiger partial charge in [-0.1, -0.05) is 17.4 Å². The second-order valence-corrected chi connectivity index (χ2v) is 9.33. The second kappa shape index (κ2) is 8.81. The number of carbonyl (C=O) groups is 1. The summed E-state index contributed by atoms with van der Waals surface area (Å²) in [6.07, 6.45) is 2.03. The van der Waals surface area contributed by atoms with Gasteiger partial charge in [-0.2, -0.15) is 0 Å². The van der Waals surface area contributed by atoms with Gasteiger partial charge in [0.2, 0.25) is 5.91 Å². The van der Waals surface area contributed by atoms with Gasteiger partial charge in [-0.15, -0.1) is 11.8 Å². The summed E-state index contributed by atoms with van der Waals surface area (Å²) in [5, 5.41) is 0.717. The molecule has 7 heteroatoms. The molecule has 2 aromatic carbocycles. The van der Waals surface area contributed by atoms with Gasteiger partial charge in [-0.3, -0.25) is 9.69 Å². The number of carbonyl (C=O) groups excluding carboxylic acids is 1. The molecule has 1 atom stereocenters. The molecule has 3 aromatic rings. The molecule has 1 aromatic heterocycles. The van der Waals surface area contributed by atoms with Gasteiger partial charge in [0.15, 0.2) is 5.13 Å². The lowest BCUT2D eigenvalue weighted by atomic mass is 10.1. The summed E-state index contributed by atoms with van der Waals surface area (Å²) in [4.78, 5) is 20.6. The van der Waals surface area contributed by atoms with Gasteiger partial charge in [0, 0.05) is 11.5 Å². The average Bonchev–Trinajstić information content (AvgIpc) is 3.35. The first-order valence-electron chi connectivity index (χ1n) is 9.68. The number of thioether (sulfide) groups is 1. The highest BCUT2D eigenvalue weighted by Gasteiger charge is 2.26. The molecular formula is C22H23FN2O2S2. The maximum absolute atomic E-state index is 13.1. The summed E-state index contributed by atoms with van der Waals surface area (Å²) < 4.78 is 20.0. The minimum absolute atomic E-state index is 0.0109. The first kappa shape index (κ1) is 20.3. The van der Waals surface area contributed by atoms with E-state index in [4.69, 9.17) is 9.72 Å². The van der Waals surface area contributed by atoms with Crippen LogP contribution in [-0.4, -0.2) is 35.9 Å². The Morgan fingerprint density at radius 3 is 2.83 bits per heavy atom. The fourth-order valence-corrected chi connectivity index (χ4v) is 5.33. The number of fused-ring (bicyclic) bond motifs is 1. The summed E-state index contributed by atoms with van der Waals surface area (Å²) in [6.45, 7) is 5.39. The number of amides is 1. The van der Waals surface area contributed by atoms with Crippen LogP contribution in [0.1, 0.15) is 24.0 Å². The first-order valence-corrected chi connectivity index (χ1v) is 11.5. The highest BCUT2D eigenvalue weighted by molar-refractivity contribution is 8.00. The van der Waals surface area contributed by atoms with Crippen molar-refractivity contribution in [2.45, 2.75) is 37.7 Å². The summed E-state index contributed by atoms with van der Waals surface area (Å²) in [7, 11) is 0. The van der Waals surface area contributed by atoms with Gasteiger partial charge in [-0.25, -0.2) is 9.37 Å². The van der Waals surface area contributed by atoms with E-state index in [-0.39, 0.29) is 23.6 Å². The number of halogens is 1. The monoisotopic (exact) mass is 430 g/mol. The Morgan fingerprint density at radius 1 is 1.31 bits per heavy atom. The molecule has 0 saturated carbocycles. The SMILES string of the molecule is Cc1cc(C)c2sc(N(CC3CCCO3)C(=O)CSc3ccc(F)cc3)nc2c1. The van der Waals surface area contributed by atoms with Crippen molar-refractivity contribution in [3.8, 4) is 0 Å². The molecule has 1 fully saturated rings. The zero-order valence-corrected chi connectivity index (χ0v) is 18.1. The number of hydrogen-bond donors (Lipinski definition) is 0. The predicted octanol–water partition coefficient (Wildman–Crippen LogP) is 5.36. The van der Waals surface area contributed by atoms with E-state index >= 15 is 0 Å². The quantitative estimate of drug-likeness (QED) is 0.494. The molecule has 0 aliphatic carbocycles. The minimum atomic E-state index is -0.277. The number of rotatable bonds is 6. The van der Waals surface area contributed by atoms with Crippen molar-refractivity contribution < 1.29 is 13.9 Å². The summed E-state index contributed by atoms with van der Waals surface area (Å²) in [5.74, 6) is -0.0178. The van der Waals surface area contributed by atoms with Crippen LogP contribution in [0.25, 0.3) is 10.2 Å². The van der Waals surface area contributed by atoms with E-state index in [1.165, 1.54) is 29.5 Å². The molecule has 4 rings (SSSR count). The summed E-state index contributed by atoms with van der Waals surface area (Å²) >= 11 is 2.96. The van der Waals surface area contributed by atoms with E-state index < -0.39 is 0 Å². The van der Waals surface area contributed by atoms with E-state index in [0.717, 1.165) is 40.1 Å². The van der Waals surface area contributed by atoms with Crippen molar-refractivity contribution in [2.75, 3.05) is 23.8 Å². The predicted molar refractivity (Wildman–Crippen MR) is 118 cm³/mol. The molecule has 0 radical (unpaired) electrons. The first-order chi connectivity index (χ1) is 14.0. The van der Waals surface area contributed by atoms with Crippen LogP contribution >= 0.6 is 23.1 Å². The summed E-state index contributed by atoms with van der Waals surface area (Å²) in [6, 6.07) is 10.4. The Balaban J connectivity index is 1.57. The number of aromatic nitrogens is 1. The molecule has 0 N–H and O–H groups in total. The number of ether oxygens (including phenoxy) is 1. The molecule has 0 bridgehead atoms. The molecule has 1 aliphatic rings. The largest absolute Gasteiger partial charge is 0.376 e. The number of hydrogen-bond acceptors (Lipinski definition) is 5. The van der Waals surface area contributed by atoms with E-state index in [0.29, 0.717) is 11.7 Å². The van der Waals surface area contributed by atoms with Gasteiger partial charge in [0.05, 0.1) is 28.6 Å². The van der Waals surface area contributed by atoms with Crippen LogP contribution in [0, 0.1) is 19.7 Å². The number of anilines is 1. The lowest BCUT2D eigenvalue weighted by Gasteiger charge is -2.23. The Morgan fingerprint density at radius 2 is 2.10 bits per heavy atom. The fraction of sp³-hybridized carbons (Fsp3) is 0.364. The van der Waals surface area contributed by atoms with E-state index in [1.807, 2.05) is 0 Å². The van der Waals surface area contributed by atoms with Crippen LogP contribution in [0.4, 0.5) is 9.52 Å². The topological polar surface area (TPSA) is 42.4 Å². The van der Waals surface area contributed by atoms with E-state index in [9.17, 15) is 9.18 Å². The zero-order chi connectivity index (χ0) is 20.4. The van der Waals surface area contributed by atoms with Crippen LogP contribution < -0.4 is 4.90 Å². The normalized spacial score (nSPS) is 16.4. The van der Waals surface area contributed by atoms with Gasteiger partial charge in [0.1, 0.15) is 5.82 Å². The van der Waals surface area contributed by atoms with Crippen LogP contribution in [-0.2, 0) is 9.53 Å². The molecule has 29 heavy (non-hydrogen) atoms. The van der Waals surface area contributed by atoms with E-state index in [1.54, 1.807) is 28.4 Å². The van der Waals surface area contributed by atoms with Crippen molar-refractivity contribution in [3.63, 3.8) is 0 Å². The number of nitrogens with zero attached hydrogens (tertiary/aromatic N) is 2. The van der Waals surface area contributed by atoms with Crippen LogP contribution in [0.2, 0.25) is 0 Å². The van der Waals surface area contributed by atoms with E-state index in [2.05, 4.69) is 26.0 Å². The molecule has 0 spiro atoms. The molecule has 152 valence electrons. The van der Waals surface area contributed by atoms with Crippen LogP contribution in [0.3, 0.4) is 0 Å². The molecule has 1 saturated heterocycles. The lowest BCUT2D eigenvalue weighted by Crippen LogP contribution is -2.38. The van der Waals surface area contributed by atoms with Crippen molar-refractivity contribution in [2.24, 2.45) is 0 Å². The van der Waals surface area contributed by atoms with Gasteiger partial charge in [0.25, 0.3) is 0 Å². The summed E-state index contributed by atoms with van der Waals surface area (Å²) in [5.41, 5.74) is 3.27. The molecule has 4 nitrogen and oxygen atoms in total. The molecular weight excluding hydrogens is 407 g/mol. The standard InChI is InChI=1S/C22H23FN2O2S2/c1-14-10-15(2)21-19(11-14)24-22(29-21)25(12-17-4-3-9-27-17)20(26)13-28-18-7-5-16(23)6-8-18/h5-8,10-11,17H,3-4,9,12-13H2,1-2H3. The number of thiazole rings is 1. The zero-order valence-electron chi connectivity index (χ0n) is 16.5. The maximum Gasteiger partial charge on any atom is 0.239 e. The van der Waals surface area contributed by atoms with Gasteiger partial charge in [-0.05, 0) is 68.1 Å². The lowest BCUT2D eigenvalue weighted by molar-refractivity contribution is -0.116. The minimum Gasteiger partial charge on any atom is -0.376 e. The average molecular weight is 431 g/mol. The smallest absolute Gasteiger partial charge is 0.239 e. The molecule has 1 unspecified atom stereocenters. The molecule has 1 aliphatic heterocycles. The Labute approximate surface area is 178 Å². The van der Waals surface area contributed by atoms with Crippen molar-refractivity contribution in [1.29, 1.82) is 0 Å².